The summed E-state index contributed by atoms with van der Waals surface area (Å²) >= 11 is 3.04. The van der Waals surface area contributed by atoms with E-state index in [2.05, 4.69) is 22.5 Å². The minimum atomic E-state index is -0.914. The Morgan fingerprint density at radius 3 is 2.64 bits per heavy atom. The van der Waals surface area contributed by atoms with Gasteiger partial charge in [0.25, 0.3) is 5.91 Å². The molecular formula is C20H19N3O3S2. The molecule has 0 spiro atoms. The Morgan fingerprint density at radius 2 is 1.93 bits per heavy atom. The summed E-state index contributed by atoms with van der Waals surface area (Å²) in [5.74, 6) is -0.865. The zero-order valence-corrected chi connectivity index (χ0v) is 17.5. The lowest BCUT2D eigenvalue weighted by Crippen LogP contribution is -2.30. The van der Waals surface area contributed by atoms with Crippen LogP contribution in [0.2, 0.25) is 0 Å². The van der Waals surface area contributed by atoms with Crippen molar-refractivity contribution in [3.8, 4) is 0 Å². The number of rotatable bonds is 4. The van der Waals surface area contributed by atoms with Crippen molar-refractivity contribution in [2.75, 3.05) is 5.32 Å². The highest BCUT2D eigenvalue weighted by atomic mass is 32.1. The van der Waals surface area contributed by atoms with Crippen LogP contribution >= 0.6 is 22.7 Å². The van der Waals surface area contributed by atoms with Gasteiger partial charge in [-0.25, -0.2) is 4.79 Å². The maximum atomic E-state index is 12.6. The molecule has 8 heteroatoms. The number of ether oxygens (including phenoxy) is 1. The second kappa shape index (κ2) is 7.03. The van der Waals surface area contributed by atoms with E-state index in [0.717, 1.165) is 26.2 Å². The number of amides is 1. The van der Waals surface area contributed by atoms with Crippen molar-refractivity contribution >= 4 is 59.7 Å². The molecule has 0 aliphatic carbocycles. The fraction of sp³-hybridized carbons (Fsp3) is 0.250. The zero-order valence-electron chi connectivity index (χ0n) is 15.9. The monoisotopic (exact) mass is 413 g/mol. The van der Waals surface area contributed by atoms with Crippen LogP contribution in [0, 0.1) is 13.8 Å². The molecule has 0 saturated heterocycles. The van der Waals surface area contributed by atoms with Crippen LogP contribution in [0.15, 0.2) is 30.3 Å². The number of aryl methyl sites for hydroxylation is 2. The van der Waals surface area contributed by atoms with Crippen LogP contribution in [0.25, 0.3) is 19.5 Å². The van der Waals surface area contributed by atoms with Gasteiger partial charge in [0.15, 0.2) is 6.10 Å². The molecule has 1 atom stereocenters. The normalized spacial score (nSPS) is 12.4. The number of aromatic nitrogens is 2. The Kier molecular flexibility index (Phi) is 4.68. The minimum absolute atomic E-state index is 0.378. The van der Waals surface area contributed by atoms with Crippen LogP contribution in [0.1, 0.15) is 28.0 Å². The van der Waals surface area contributed by atoms with Gasteiger partial charge >= 0.3 is 5.97 Å². The lowest BCUT2D eigenvalue weighted by molar-refractivity contribution is -0.123. The third-order valence-corrected chi connectivity index (χ3v) is 7.06. The molecule has 4 rings (SSSR count). The van der Waals surface area contributed by atoms with Crippen LogP contribution in [0.4, 0.5) is 5.69 Å². The molecule has 0 fully saturated rings. The molecule has 0 unspecified atom stereocenters. The minimum Gasteiger partial charge on any atom is -0.448 e. The van der Waals surface area contributed by atoms with Crippen molar-refractivity contribution in [1.82, 2.24) is 9.78 Å². The molecule has 144 valence electrons. The van der Waals surface area contributed by atoms with Gasteiger partial charge in [-0.1, -0.05) is 18.2 Å². The van der Waals surface area contributed by atoms with Crippen molar-refractivity contribution in [2.24, 2.45) is 7.05 Å². The SMILES string of the molecule is Cc1nn(C)c(C)c1NC(=O)[C@H](C)OC(=O)c1cc2sc3ccccc3c2s1. The fourth-order valence-corrected chi connectivity index (χ4v) is 5.46. The summed E-state index contributed by atoms with van der Waals surface area (Å²) in [5, 5.41) is 8.22. The quantitative estimate of drug-likeness (QED) is 0.494. The third kappa shape index (κ3) is 3.18. The smallest absolute Gasteiger partial charge is 0.349 e. The van der Waals surface area contributed by atoms with Gasteiger partial charge in [0, 0.05) is 21.8 Å². The lowest BCUT2D eigenvalue weighted by Gasteiger charge is -2.13. The molecule has 0 bridgehead atoms. The fourth-order valence-electron chi connectivity index (χ4n) is 3.05. The number of benzene rings is 1. The summed E-state index contributed by atoms with van der Waals surface area (Å²) in [6, 6.07) is 9.95. The van der Waals surface area contributed by atoms with E-state index >= 15 is 0 Å². The molecule has 1 N–H and O–H groups in total. The number of hydrogen-bond acceptors (Lipinski definition) is 6. The number of fused-ring (bicyclic) bond motifs is 3. The van der Waals surface area contributed by atoms with E-state index in [0.29, 0.717) is 10.6 Å². The predicted molar refractivity (Wildman–Crippen MR) is 113 cm³/mol. The summed E-state index contributed by atoms with van der Waals surface area (Å²) < 4.78 is 10.4. The first-order chi connectivity index (χ1) is 13.3. The van der Waals surface area contributed by atoms with E-state index in [1.54, 1.807) is 22.9 Å². The average molecular weight is 414 g/mol. The Morgan fingerprint density at radius 1 is 1.18 bits per heavy atom. The topological polar surface area (TPSA) is 73.2 Å². The number of hydrogen-bond donors (Lipinski definition) is 1. The van der Waals surface area contributed by atoms with E-state index in [1.807, 2.05) is 39.1 Å². The highest BCUT2D eigenvalue weighted by molar-refractivity contribution is 7.33. The Labute approximate surface area is 169 Å². The predicted octanol–water partition coefficient (Wildman–Crippen LogP) is 4.65. The molecule has 0 radical (unpaired) electrons. The van der Waals surface area contributed by atoms with Gasteiger partial charge < -0.3 is 10.1 Å². The Bertz CT molecular complexity index is 1220. The van der Waals surface area contributed by atoms with Crippen LogP contribution in [0.5, 0.6) is 0 Å². The molecule has 28 heavy (non-hydrogen) atoms. The van der Waals surface area contributed by atoms with Gasteiger partial charge in [-0.3, -0.25) is 9.48 Å². The highest BCUT2D eigenvalue weighted by Crippen LogP contribution is 2.39. The summed E-state index contributed by atoms with van der Waals surface area (Å²) in [5.41, 5.74) is 2.21. The van der Waals surface area contributed by atoms with Gasteiger partial charge in [-0.15, -0.1) is 22.7 Å². The molecule has 1 aromatic carbocycles. The van der Waals surface area contributed by atoms with Gasteiger partial charge in [0.2, 0.25) is 0 Å². The van der Waals surface area contributed by atoms with Gasteiger partial charge in [0.1, 0.15) is 4.88 Å². The number of thiophene rings is 2. The van der Waals surface area contributed by atoms with Gasteiger partial charge in [-0.2, -0.15) is 5.10 Å². The van der Waals surface area contributed by atoms with Gasteiger partial charge in [-0.05, 0) is 32.9 Å². The van der Waals surface area contributed by atoms with Gasteiger partial charge in [0.05, 0.1) is 21.8 Å². The molecular weight excluding hydrogens is 394 g/mol. The number of nitrogens with one attached hydrogen (secondary N) is 1. The molecule has 0 aliphatic rings. The van der Waals surface area contributed by atoms with Crippen LogP contribution in [-0.2, 0) is 16.6 Å². The second-order valence-electron chi connectivity index (χ2n) is 6.61. The maximum absolute atomic E-state index is 12.6. The number of carbonyl (C=O) groups is 2. The highest BCUT2D eigenvalue weighted by Gasteiger charge is 2.23. The van der Waals surface area contributed by atoms with Crippen molar-refractivity contribution in [2.45, 2.75) is 26.9 Å². The molecule has 3 aromatic heterocycles. The summed E-state index contributed by atoms with van der Waals surface area (Å²) in [6.45, 7) is 5.26. The maximum Gasteiger partial charge on any atom is 0.349 e. The number of carbonyl (C=O) groups excluding carboxylic acids is 2. The third-order valence-electron chi connectivity index (χ3n) is 4.66. The van der Waals surface area contributed by atoms with Crippen molar-refractivity contribution < 1.29 is 14.3 Å². The first kappa shape index (κ1) is 18.6. The van der Waals surface area contributed by atoms with Crippen LogP contribution < -0.4 is 5.32 Å². The largest absolute Gasteiger partial charge is 0.448 e. The number of esters is 1. The molecule has 0 saturated carbocycles. The lowest BCUT2D eigenvalue weighted by atomic mass is 10.2. The van der Waals surface area contributed by atoms with Crippen molar-refractivity contribution in [3.05, 3.63) is 46.6 Å². The Balaban J connectivity index is 1.49. The molecule has 1 amide bonds. The van der Waals surface area contributed by atoms with E-state index in [4.69, 9.17) is 4.74 Å². The van der Waals surface area contributed by atoms with E-state index in [1.165, 1.54) is 16.0 Å². The summed E-state index contributed by atoms with van der Waals surface area (Å²) in [7, 11) is 1.81. The van der Waals surface area contributed by atoms with Crippen LogP contribution in [-0.4, -0.2) is 27.8 Å². The Hall–Kier alpha value is -2.71. The first-order valence-electron chi connectivity index (χ1n) is 8.78. The first-order valence-corrected chi connectivity index (χ1v) is 10.4. The summed E-state index contributed by atoms with van der Waals surface area (Å²) in [6.07, 6.45) is -0.914. The van der Waals surface area contributed by atoms with E-state index in [-0.39, 0.29) is 5.91 Å². The van der Waals surface area contributed by atoms with E-state index < -0.39 is 12.1 Å². The summed E-state index contributed by atoms with van der Waals surface area (Å²) in [4.78, 5) is 25.5. The molecule has 4 aromatic rings. The van der Waals surface area contributed by atoms with Crippen molar-refractivity contribution in [3.63, 3.8) is 0 Å². The number of anilines is 1. The standard InChI is InChI=1S/C20H19N3O3S2/c1-10-17(11(2)23(4)22-10)21-19(24)12(3)26-20(25)16-9-15-18(28-16)13-7-5-6-8-14(13)27-15/h5-9,12H,1-4H3,(H,21,24)/t12-/m0/s1. The van der Waals surface area contributed by atoms with Crippen LogP contribution in [0.3, 0.4) is 0 Å². The molecule has 6 nitrogen and oxygen atoms in total. The molecule has 0 aliphatic heterocycles. The van der Waals surface area contributed by atoms with E-state index in [9.17, 15) is 9.59 Å². The van der Waals surface area contributed by atoms with Crippen molar-refractivity contribution in [1.29, 1.82) is 0 Å². The molecule has 3 heterocycles. The number of nitrogens with zero attached hydrogens (tertiary/aromatic N) is 2. The zero-order chi connectivity index (χ0) is 20.0. The second-order valence-corrected chi connectivity index (χ2v) is 8.74. The average Bonchev–Trinajstić information content (AvgIpc) is 3.29.